The van der Waals surface area contributed by atoms with Crippen LogP contribution in [0.15, 0.2) is 12.1 Å². The second-order valence-corrected chi connectivity index (χ2v) is 4.41. The van der Waals surface area contributed by atoms with Crippen LogP contribution in [-0.2, 0) is 0 Å². The summed E-state index contributed by atoms with van der Waals surface area (Å²) >= 11 is 0. The molecule has 96 valence electrons. The maximum Gasteiger partial charge on any atom is 0.137 e. The average molecular weight is 250 g/mol. The number of aryl methyl sites for hydroxylation is 1. The molecule has 2 nitrogen and oxygen atoms in total. The molecule has 1 heterocycles. The first-order valence-electron chi connectivity index (χ1n) is 6.04. The maximum atomic E-state index is 13.9. The van der Waals surface area contributed by atoms with Crippen LogP contribution in [0.3, 0.4) is 0 Å². The summed E-state index contributed by atoms with van der Waals surface area (Å²) in [6.07, 6.45) is 0.936. The van der Waals surface area contributed by atoms with Crippen molar-refractivity contribution in [3.63, 3.8) is 0 Å². The van der Waals surface area contributed by atoms with Crippen LogP contribution in [0.5, 0.6) is 0 Å². The molecule has 0 saturated carbocycles. The quantitative estimate of drug-likeness (QED) is 0.892. The molecule has 1 N–H and O–H groups in total. The van der Waals surface area contributed by atoms with Gasteiger partial charge in [-0.1, -0.05) is 6.92 Å². The van der Waals surface area contributed by atoms with Gasteiger partial charge in [0.15, 0.2) is 0 Å². The van der Waals surface area contributed by atoms with Crippen LogP contribution in [0.1, 0.15) is 24.6 Å². The molecule has 0 aliphatic rings. The number of aromatic nitrogens is 1. The van der Waals surface area contributed by atoms with Crippen molar-refractivity contribution in [2.24, 2.45) is 0 Å². The molecule has 0 amide bonds. The van der Waals surface area contributed by atoms with Gasteiger partial charge in [0.1, 0.15) is 11.6 Å². The van der Waals surface area contributed by atoms with Gasteiger partial charge < -0.3 is 5.32 Å². The topological polar surface area (TPSA) is 24.9 Å². The number of anilines is 1. The highest BCUT2D eigenvalue weighted by Crippen LogP contribution is 2.30. The van der Waals surface area contributed by atoms with E-state index in [4.69, 9.17) is 0 Å². The predicted octanol–water partition coefficient (Wildman–Crippen LogP) is 3.95. The standard InChI is InChI=1S/C14H16F2N2/c1-4-5-17-14-8(2)9(3)18-12-7-10(15)6-11(16)13(12)14/h6-7H,4-5H2,1-3H3,(H,17,18). The van der Waals surface area contributed by atoms with Gasteiger partial charge in [-0.3, -0.25) is 4.98 Å². The Labute approximate surface area is 105 Å². The number of pyridine rings is 1. The fraction of sp³-hybridized carbons (Fsp3) is 0.357. The van der Waals surface area contributed by atoms with Crippen molar-refractivity contribution in [2.45, 2.75) is 27.2 Å². The number of nitrogens with zero attached hydrogens (tertiary/aromatic N) is 1. The van der Waals surface area contributed by atoms with E-state index in [-0.39, 0.29) is 0 Å². The zero-order valence-corrected chi connectivity index (χ0v) is 10.8. The monoisotopic (exact) mass is 250 g/mol. The zero-order chi connectivity index (χ0) is 13.3. The second kappa shape index (κ2) is 4.88. The van der Waals surface area contributed by atoms with E-state index in [1.54, 1.807) is 0 Å². The van der Waals surface area contributed by atoms with Crippen molar-refractivity contribution in [1.29, 1.82) is 0 Å². The van der Waals surface area contributed by atoms with Crippen LogP contribution in [0, 0.1) is 25.5 Å². The third kappa shape index (κ3) is 2.15. The van der Waals surface area contributed by atoms with Crippen molar-refractivity contribution < 1.29 is 8.78 Å². The summed E-state index contributed by atoms with van der Waals surface area (Å²) in [6.45, 7) is 6.52. The van der Waals surface area contributed by atoms with Gasteiger partial charge in [-0.05, 0) is 25.8 Å². The maximum absolute atomic E-state index is 13.9. The molecule has 2 aromatic rings. The minimum absolute atomic E-state index is 0.356. The molecule has 18 heavy (non-hydrogen) atoms. The zero-order valence-electron chi connectivity index (χ0n) is 10.8. The average Bonchev–Trinajstić information content (AvgIpc) is 2.30. The van der Waals surface area contributed by atoms with Gasteiger partial charge in [-0.25, -0.2) is 8.78 Å². The van der Waals surface area contributed by atoms with Crippen molar-refractivity contribution in [1.82, 2.24) is 4.98 Å². The summed E-state index contributed by atoms with van der Waals surface area (Å²) in [5, 5.41) is 3.57. The molecule has 0 aliphatic carbocycles. The normalized spacial score (nSPS) is 10.9. The molecular weight excluding hydrogens is 234 g/mol. The minimum atomic E-state index is -0.600. The summed E-state index contributed by atoms with van der Waals surface area (Å²) in [4.78, 5) is 4.25. The van der Waals surface area contributed by atoms with Crippen LogP contribution in [-0.4, -0.2) is 11.5 Å². The molecule has 0 unspecified atom stereocenters. The van der Waals surface area contributed by atoms with Gasteiger partial charge >= 0.3 is 0 Å². The van der Waals surface area contributed by atoms with Gasteiger partial charge in [0, 0.05) is 24.4 Å². The Morgan fingerprint density at radius 1 is 1.22 bits per heavy atom. The van der Waals surface area contributed by atoms with Gasteiger partial charge in [0.25, 0.3) is 0 Å². The van der Waals surface area contributed by atoms with Crippen LogP contribution in [0.25, 0.3) is 10.9 Å². The van der Waals surface area contributed by atoms with Gasteiger partial charge in [-0.15, -0.1) is 0 Å². The molecule has 0 saturated heterocycles. The smallest absolute Gasteiger partial charge is 0.137 e. The molecule has 1 aromatic carbocycles. The Morgan fingerprint density at radius 2 is 1.94 bits per heavy atom. The van der Waals surface area contributed by atoms with Crippen molar-refractivity contribution >= 4 is 16.6 Å². The minimum Gasteiger partial charge on any atom is -0.384 e. The Bertz CT molecular complexity index is 594. The van der Waals surface area contributed by atoms with Crippen molar-refractivity contribution in [3.8, 4) is 0 Å². The first-order chi connectivity index (χ1) is 8.54. The lowest BCUT2D eigenvalue weighted by Crippen LogP contribution is -2.06. The van der Waals surface area contributed by atoms with Gasteiger partial charge in [0.05, 0.1) is 16.6 Å². The van der Waals surface area contributed by atoms with Crippen molar-refractivity contribution in [3.05, 3.63) is 35.0 Å². The fourth-order valence-electron chi connectivity index (χ4n) is 2.00. The summed E-state index contributed by atoms with van der Waals surface area (Å²) in [5.41, 5.74) is 2.76. The number of hydrogen-bond donors (Lipinski definition) is 1. The first-order valence-corrected chi connectivity index (χ1v) is 6.04. The van der Waals surface area contributed by atoms with Gasteiger partial charge in [0.2, 0.25) is 0 Å². The van der Waals surface area contributed by atoms with Crippen LogP contribution in [0.4, 0.5) is 14.5 Å². The Balaban J connectivity index is 2.75. The van der Waals surface area contributed by atoms with E-state index in [1.165, 1.54) is 6.07 Å². The van der Waals surface area contributed by atoms with E-state index >= 15 is 0 Å². The molecule has 0 bridgehead atoms. The number of nitrogens with one attached hydrogen (secondary N) is 1. The molecule has 2 rings (SSSR count). The molecule has 0 spiro atoms. The van der Waals surface area contributed by atoms with E-state index in [2.05, 4.69) is 10.3 Å². The first kappa shape index (κ1) is 12.7. The second-order valence-electron chi connectivity index (χ2n) is 4.41. The highest BCUT2D eigenvalue weighted by molar-refractivity contribution is 5.93. The molecule has 0 fully saturated rings. The lowest BCUT2D eigenvalue weighted by Gasteiger charge is -2.14. The fourth-order valence-corrected chi connectivity index (χ4v) is 2.00. The molecule has 0 radical (unpaired) electrons. The lowest BCUT2D eigenvalue weighted by atomic mass is 10.1. The van der Waals surface area contributed by atoms with E-state index < -0.39 is 11.6 Å². The number of halogens is 2. The van der Waals surface area contributed by atoms with Crippen molar-refractivity contribution in [2.75, 3.05) is 11.9 Å². The van der Waals surface area contributed by atoms with Crippen LogP contribution in [0.2, 0.25) is 0 Å². The Morgan fingerprint density at radius 3 is 2.61 bits per heavy atom. The molecular formula is C14H16F2N2. The van der Waals surface area contributed by atoms with Gasteiger partial charge in [-0.2, -0.15) is 0 Å². The molecule has 0 aliphatic heterocycles. The van der Waals surface area contributed by atoms with Crippen LogP contribution >= 0.6 is 0 Å². The number of hydrogen-bond acceptors (Lipinski definition) is 2. The summed E-state index contributed by atoms with van der Waals surface area (Å²) < 4.78 is 27.1. The highest BCUT2D eigenvalue weighted by atomic mass is 19.1. The highest BCUT2D eigenvalue weighted by Gasteiger charge is 2.14. The Kier molecular flexibility index (Phi) is 3.45. The summed E-state index contributed by atoms with van der Waals surface area (Å²) in [6, 6.07) is 2.16. The predicted molar refractivity (Wildman–Crippen MR) is 69.9 cm³/mol. The summed E-state index contributed by atoms with van der Waals surface area (Å²) in [7, 11) is 0. The van der Waals surface area contributed by atoms with E-state index in [9.17, 15) is 8.78 Å². The Hall–Kier alpha value is -1.71. The third-order valence-electron chi connectivity index (χ3n) is 3.04. The largest absolute Gasteiger partial charge is 0.384 e. The third-order valence-corrected chi connectivity index (χ3v) is 3.04. The van der Waals surface area contributed by atoms with Crippen LogP contribution < -0.4 is 5.32 Å². The molecule has 4 heteroatoms. The SMILES string of the molecule is CCCNc1c(C)c(C)nc2cc(F)cc(F)c12. The lowest BCUT2D eigenvalue weighted by molar-refractivity contribution is 0.591. The summed E-state index contributed by atoms with van der Waals surface area (Å²) in [5.74, 6) is -1.17. The number of rotatable bonds is 3. The molecule has 1 aromatic heterocycles. The number of fused-ring (bicyclic) bond motifs is 1. The van der Waals surface area contributed by atoms with E-state index in [1.807, 2.05) is 20.8 Å². The number of benzene rings is 1. The van der Waals surface area contributed by atoms with E-state index in [0.717, 1.165) is 36.0 Å². The molecule has 0 atom stereocenters. The van der Waals surface area contributed by atoms with E-state index in [0.29, 0.717) is 10.9 Å².